The van der Waals surface area contributed by atoms with E-state index in [0.717, 1.165) is 6.42 Å². The fourth-order valence-electron chi connectivity index (χ4n) is 2.13. The molecule has 0 aromatic rings. The fraction of sp³-hybridized carbons (Fsp3) is 0.700. The molecule has 0 aromatic carbocycles. The van der Waals surface area contributed by atoms with Crippen molar-refractivity contribution in [1.29, 1.82) is 0 Å². The minimum absolute atomic E-state index is 0.0415. The molecular formula is C10H17NO2. The number of likely N-dealkylation sites (N-methyl/N-ethyl adjacent to an activating group) is 1. The molecule has 0 radical (unpaired) electrons. The van der Waals surface area contributed by atoms with Crippen LogP contribution >= 0.6 is 0 Å². The van der Waals surface area contributed by atoms with Crippen molar-refractivity contribution in [2.45, 2.75) is 25.4 Å². The molecule has 3 atom stereocenters. The lowest BCUT2D eigenvalue weighted by atomic mass is 9.99. The Hall–Kier alpha value is -0.670. The predicted molar refractivity (Wildman–Crippen MR) is 51.4 cm³/mol. The van der Waals surface area contributed by atoms with Gasteiger partial charge in [0, 0.05) is 18.6 Å². The van der Waals surface area contributed by atoms with Crippen LogP contribution in [0.2, 0.25) is 0 Å². The van der Waals surface area contributed by atoms with E-state index in [9.17, 15) is 4.79 Å². The molecule has 3 nitrogen and oxygen atoms in total. The Balaban J connectivity index is 2.76. The molecule has 1 fully saturated rings. The van der Waals surface area contributed by atoms with E-state index < -0.39 is 0 Å². The van der Waals surface area contributed by atoms with Gasteiger partial charge in [-0.1, -0.05) is 6.08 Å². The van der Waals surface area contributed by atoms with Gasteiger partial charge in [-0.2, -0.15) is 0 Å². The first kappa shape index (κ1) is 10.4. The van der Waals surface area contributed by atoms with Gasteiger partial charge in [0.2, 0.25) is 0 Å². The second kappa shape index (κ2) is 4.03. The monoisotopic (exact) mass is 183 g/mol. The molecule has 1 N–H and O–H groups in total. The summed E-state index contributed by atoms with van der Waals surface area (Å²) in [4.78, 5) is 13.2. The maximum absolute atomic E-state index is 11.2. The molecule has 1 rings (SSSR count). The second-order valence-corrected chi connectivity index (χ2v) is 3.70. The van der Waals surface area contributed by atoms with Crippen LogP contribution in [0.15, 0.2) is 12.7 Å². The van der Waals surface area contributed by atoms with Crippen molar-refractivity contribution in [3.8, 4) is 0 Å². The Morgan fingerprint density at radius 3 is 2.69 bits per heavy atom. The Labute approximate surface area is 79.0 Å². The first-order valence-corrected chi connectivity index (χ1v) is 4.57. The first-order chi connectivity index (χ1) is 6.11. The molecule has 0 bridgehead atoms. The molecule has 0 unspecified atom stereocenters. The largest absolute Gasteiger partial charge is 0.396 e. The van der Waals surface area contributed by atoms with Gasteiger partial charge in [-0.05, 0) is 20.4 Å². The summed E-state index contributed by atoms with van der Waals surface area (Å²) in [6, 6.07) is 0.0963. The molecular weight excluding hydrogens is 166 g/mol. The van der Waals surface area contributed by atoms with Crippen LogP contribution in [0.25, 0.3) is 0 Å². The van der Waals surface area contributed by atoms with E-state index in [1.807, 2.05) is 18.0 Å². The van der Waals surface area contributed by atoms with Gasteiger partial charge in [0.15, 0.2) is 0 Å². The molecule has 74 valence electrons. The van der Waals surface area contributed by atoms with Crippen LogP contribution in [0, 0.1) is 5.92 Å². The molecule has 3 heteroatoms. The molecule has 1 aliphatic heterocycles. The first-order valence-electron chi connectivity index (χ1n) is 4.57. The zero-order chi connectivity index (χ0) is 10.0. The number of aliphatic hydroxyl groups is 1. The molecule has 0 aliphatic carbocycles. The van der Waals surface area contributed by atoms with Crippen LogP contribution in [-0.2, 0) is 4.79 Å². The standard InChI is InChI=1S/C10H17NO2/c1-4-9-8(6-12)5-10(7(2)13)11(9)3/h4,8-10,12H,1,5-6H2,2-3H3/t8-,9-,10+/m0/s1. The minimum atomic E-state index is -0.0415. The zero-order valence-electron chi connectivity index (χ0n) is 8.23. The van der Waals surface area contributed by atoms with Gasteiger partial charge in [0.25, 0.3) is 0 Å². The third-order valence-electron chi connectivity index (χ3n) is 2.92. The summed E-state index contributed by atoms with van der Waals surface area (Å²) in [6.07, 6.45) is 2.56. The quantitative estimate of drug-likeness (QED) is 0.645. The Bertz CT molecular complexity index is 213. The van der Waals surface area contributed by atoms with Crippen LogP contribution in [0.5, 0.6) is 0 Å². The maximum Gasteiger partial charge on any atom is 0.146 e. The van der Waals surface area contributed by atoms with Crippen molar-refractivity contribution >= 4 is 5.78 Å². The molecule has 0 spiro atoms. The topological polar surface area (TPSA) is 40.5 Å². The van der Waals surface area contributed by atoms with Gasteiger partial charge in [0.1, 0.15) is 5.78 Å². The van der Waals surface area contributed by atoms with Crippen molar-refractivity contribution in [1.82, 2.24) is 4.90 Å². The highest BCUT2D eigenvalue weighted by Gasteiger charge is 2.38. The molecule has 0 aromatic heterocycles. The predicted octanol–water partition coefficient (Wildman–Crippen LogP) is 0.443. The summed E-state index contributed by atoms with van der Waals surface area (Å²) in [5, 5.41) is 9.10. The minimum Gasteiger partial charge on any atom is -0.396 e. The second-order valence-electron chi connectivity index (χ2n) is 3.70. The third-order valence-corrected chi connectivity index (χ3v) is 2.92. The number of hydrogen-bond donors (Lipinski definition) is 1. The Kier molecular flexibility index (Phi) is 3.22. The van der Waals surface area contributed by atoms with Crippen LogP contribution in [0.4, 0.5) is 0 Å². The van der Waals surface area contributed by atoms with Gasteiger partial charge in [-0.15, -0.1) is 6.58 Å². The van der Waals surface area contributed by atoms with Crippen molar-refractivity contribution in [2.24, 2.45) is 5.92 Å². The van der Waals surface area contributed by atoms with E-state index in [0.29, 0.717) is 0 Å². The molecule has 0 saturated carbocycles. The number of likely N-dealkylation sites (tertiary alicyclic amines) is 1. The van der Waals surface area contributed by atoms with Gasteiger partial charge < -0.3 is 5.11 Å². The lowest BCUT2D eigenvalue weighted by Crippen LogP contribution is -2.36. The van der Waals surface area contributed by atoms with Gasteiger partial charge >= 0.3 is 0 Å². The van der Waals surface area contributed by atoms with Gasteiger partial charge in [-0.25, -0.2) is 0 Å². The molecule has 1 heterocycles. The number of carbonyl (C=O) groups excluding carboxylic acids is 1. The number of rotatable bonds is 3. The normalized spacial score (nSPS) is 34.8. The van der Waals surface area contributed by atoms with E-state index in [-0.39, 0.29) is 30.4 Å². The lowest BCUT2D eigenvalue weighted by molar-refractivity contribution is -0.121. The van der Waals surface area contributed by atoms with E-state index in [1.54, 1.807) is 6.92 Å². The summed E-state index contributed by atoms with van der Waals surface area (Å²) in [5.74, 6) is 0.335. The molecule has 13 heavy (non-hydrogen) atoms. The molecule has 1 saturated heterocycles. The van der Waals surface area contributed by atoms with Crippen LogP contribution in [0.3, 0.4) is 0 Å². The lowest BCUT2D eigenvalue weighted by Gasteiger charge is -2.22. The zero-order valence-corrected chi connectivity index (χ0v) is 8.23. The van der Waals surface area contributed by atoms with Crippen molar-refractivity contribution in [3.05, 3.63) is 12.7 Å². The summed E-state index contributed by atoms with van der Waals surface area (Å²) in [7, 11) is 1.91. The molecule has 1 aliphatic rings. The van der Waals surface area contributed by atoms with E-state index in [4.69, 9.17) is 5.11 Å². The number of Topliss-reactive ketones (excluding diaryl/α,β-unsaturated/α-hetero) is 1. The maximum atomic E-state index is 11.2. The smallest absolute Gasteiger partial charge is 0.146 e. The average molecular weight is 183 g/mol. The van der Waals surface area contributed by atoms with Crippen molar-refractivity contribution in [2.75, 3.05) is 13.7 Å². The highest BCUT2D eigenvalue weighted by molar-refractivity contribution is 5.81. The summed E-state index contributed by atoms with van der Waals surface area (Å²) in [5.41, 5.74) is 0. The van der Waals surface area contributed by atoms with Crippen LogP contribution in [0.1, 0.15) is 13.3 Å². The number of hydrogen-bond acceptors (Lipinski definition) is 3. The molecule has 0 amide bonds. The number of ketones is 1. The number of nitrogens with zero attached hydrogens (tertiary/aromatic N) is 1. The third kappa shape index (κ3) is 1.81. The summed E-state index contributed by atoms with van der Waals surface area (Å²) >= 11 is 0. The van der Waals surface area contributed by atoms with E-state index in [2.05, 4.69) is 6.58 Å². The van der Waals surface area contributed by atoms with E-state index >= 15 is 0 Å². The van der Waals surface area contributed by atoms with Crippen molar-refractivity contribution < 1.29 is 9.90 Å². The van der Waals surface area contributed by atoms with E-state index in [1.165, 1.54) is 0 Å². The highest BCUT2D eigenvalue weighted by atomic mass is 16.3. The van der Waals surface area contributed by atoms with Gasteiger partial charge in [-0.3, -0.25) is 9.69 Å². The SMILES string of the molecule is C=C[C@H]1[C@H](CO)C[C@H](C(C)=O)N1C. The van der Waals surface area contributed by atoms with Crippen molar-refractivity contribution in [3.63, 3.8) is 0 Å². The average Bonchev–Trinajstić information content (AvgIpc) is 2.41. The Morgan fingerprint density at radius 2 is 2.38 bits per heavy atom. The highest BCUT2D eigenvalue weighted by Crippen LogP contribution is 2.29. The number of aliphatic hydroxyl groups excluding tert-OH is 1. The summed E-state index contributed by atoms with van der Waals surface area (Å²) < 4.78 is 0. The van der Waals surface area contributed by atoms with Crippen LogP contribution in [-0.4, -0.2) is 41.5 Å². The fourth-order valence-corrected chi connectivity index (χ4v) is 2.13. The van der Waals surface area contributed by atoms with Crippen LogP contribution < -0.4 is 0 Å². The van der Waals surface area contributed by atoms with Gasteiger partial charge in [0.05, 0.1) is 6.04 Å². The Morgan fingerprint density at radius 1 is 1.77 bits per heavy atom. The summed E-state index contributed by atoms with van der Waals surface area (Å²) in [6.45, 7) is 5.45. The number of carbonyl (C=O) groups is 1.